The molecule has 2 aromatic rings. The minimum absolute atomic E-state index is 0.171. The van der Waals surface area contributed by atoms with Crippen LogP contribution in [-0.4, -0.2) is 46.7 Å². The number of rotatable bonds is 5. The van der Waals surface area contributed by atoms with E-state index in [9.17, 15) is 9.59 Å². The average Bonchev–Trinajstić information content (AvgIpc) is 3.56. The van der Waals surface area contributed by atoms with Crippen LogP contribution in [0.1, 0.15) is 42.1 Å². The summed E-state index contributed by atoms with van der Waals surface area (Å²) >= 11 is 0. The third kappa shape index (κ3) is 3.84. The SMILES string of the molecule is COc1ccc(C(=O)Nc2ccnn2C2CCN(C(=O)[C@@H]3C[C@@H]4C=C[C@H]3C4)CC2)cc1. The van der Waals surface area contributed by atoms with E-state index >= 15 is 0 Å². The number of carbonyl (C=O) groups is 2. The van der Waals surface area contributed by atoms with Gasteiger partial charge >= 0.3 is 0 Å². The molecule has 2 heterocycles. The van der Waals surface area contributed by atoms with E-state index in [1.54, 1.807) is 37.6 Å². The smallest absolute Gasteiger partial charge is 0.256 e. The highest BCUT2D eigenvalue weighted by Gasteiger charge is 2.42. The highest BCUT2D eigenvalue weighted by Crippen LogP contribution is 2.44. The molecule has 2 amide bonds. The van der Waals surface area contributed by atoms with Gasteiger partial charge in [0.25, 0.3) is 5.91 Å². The van der Waals surface area contributed by atoms with Crippen molar-refractivity contribution >= 4 is 17.6 Å². The van der Waals surface area contributed by atoms with Crippen LogP contribution in [0.4, 0.5) is 5.82 Å². The topological polar surface area (TPSA) is 76.5 Å². The Balaban J connectivity index is 1.20. The first-order valence-electron chi connectivity index (χ1n) is 11.1. The molecule has 2 aliphatic carbocycles. The number of nitrogens with zero attached hydrogens (tertiary/aromatic N) is 3. The number of hydrogen-bond acceptors (Lipinski definition) is 4. The first-order valence-corrected chi connectivity index (χ1v) is 11.1. The van der Waals surface area contributed by atoms with E-state index in [1.165, 1.54) is 0 Å². The lowest BCUT2D eigenvalue weighted by molar-refractivity contribution is -0.137. The molecule has 1 saturated carbocycles. The molecule has 0 spiro atoms. The van der Waals surface area contributed by atoms with Crippen LogP contribution in [0.15, 0.2) is 48.7 Å². The summed E-state index contributed by atoms with van der Waals surface area (Å²) in [6.07, 6.45) is 10.1. The Labute approximate surface area is 182 Å². The Morgan fingerprint density at radius 3 is 2.48 bits per heavy atom. The zero-order valence-corrected chi connectivity index (χ0v) is 17.7. The van der Waals surface area contributed by atoms with Crippen molar-refractivity contribution in [1.29, 1.82) is 0 Å². The highest BCUT2D eigenvalue weighted by molar-refractivity contribution is 6.03. The number of likely N-dealkylation sites (tertiary alicyclic amines) is 1. The third-order valence-electron chi connectivity index (χ3n) is 6.98. The van der Waals surface area contributed by atoms with Crippen LogP contribution in [0, 0.1) is 17.8 Å². The molecule has 2 bridgehead atoms. The standard InChI is InChI=1S/C24H28N4O3/c1-31-20-6-4-17(5-7-20)23(29)26-22-8-11-25-28(22)19-9-12-27(13-10-19)24(30)21-15-16-2-3-18(21)14-16/h2-8,11,16,18-19,21H,9-10,12-15H2,1H3,(H,26,29)/t16-,18+,21-/m1/s1. The average molecular weight is 421 g/mol. The van der Waals surface area contributed by atoms with Gasteiger partial charge in [-0.3, -0.25) is 9.59 Å². The van der Waals surface area contributed by atoms with Crippen LogP contribution in [0.2, 0.25) is 0 Å². The Hall–Kier alpha value is -3.09. The zero-order valence-electron chi connectivity index (χ0n) is 17.7. The van der Waals surface area contributed by atoms with Crippen molar-refractivity contribution < 1.29 is 14.3 Å². The summed E-state index contributed by atoms with van der Waals surface area (Å²) in [5.74, 6) is 2.77. The van der Waals surface area contributed by atoms with Gasteiger partial charge in [-0.1, -0.05) is 12.2 Å². The van der Waals surface area contributed by atoms with E-state index in [2.05, 4.69) is 22.6 Å². The lowest BCUT2D eigenvalue weighted by atomic mass is 9.91. The van der Waals surface area contributed by atoms with Crippen molar-refractivity contribution in [3.8, 4) is 5.75 Å². The lowest BCUT2D eigenvalue weighted by Gasteiger charge is -2.35. The number of amides is 2. The third-order valence-corrected chi connectivity index (χ3v) is 6.98. The molecular formula is C24H28N4O3. The minimum Gasteiger partial charge on any atom is -0.497 e. The van der Waals surface area contributed by atoms with Gasteiger partial charge in [-0.2, -0.15) is 5.10 Å². The van der Waals surface area contributed by atoms with Gasteiger partial charge in [0.05, 0.1) is 19.3 Å². The summed E-state index contributed by atoms with van der Waals surface area (Å²) in [4.78, 5) is 27.7. The Bertz CT molecular complexity index is 989. The Morgan fingerprint density at radius 2 is 1.84 bits per heavy atom. The summed E-state index contributed by atoms with van der Waals surface area (Å²) in [6.45, 7) is 1.49. The monoisotopic (exact) mass is 420 g/mol. The van der Waals surface area contributed by atoms with Crippen molar-refractivity contribution in [2.75, 3.05) is 25.5 Å². The normalized spacial score (nSPS) is 25.1. The van der Waals surface area contributed by atoms with Crippen molar-refractivity contribution in [1.82, 2.24) is 14.7 Å². The number of carbonyl (C=O) groups excluding carboxylic acids is 2. The van der Waals surface area contributed by atoms with Gasteiger partial charge in [0.1, 0.15) is 11.6 Å². The number of piperidine rings is 1. The largest absolute Gasteiger partial charge is 0.497 e. The number of benzene rings is 1. The summed E-state index contributed by atoms with van der Waals surface area (Å²) in [6, 6.07) is 9.01. The van der Waals surface area contributed by atoms with Gasteiger partial charge < -0.3 is 15.0 Å². The number of aromatic nitrogens is 2. The van der Waals surface area contributed by atoms with Crippen molar-refractivity contribution in [3.63, 3.8) is 0 Å². The Kier molecular flexibility index (Phi) is 5.26. The fourth-order valence-electron chi connectivity index (χ4n) is 5.27. The molecule has 1 aromatic carbocycles. The number of anilines is 1. The van der Waals surface area contributed by atoms with E-state index in [1.807, 2.05) is 15.6 Å². The molecule has 162 valence electrons. The fraction of sp³-hybridized carbons (Fsp3) is 0.458. The molecule has 1 N–H and O–H groups in total. The minimum atomic E-state index is -0.179. The van der Waals surface area contributed by atoms with Gasteiger partial charge in [0.15, 0.2) is 0 Å². The van der Waals surface area contributed by atoms with Crippen LogP contribution in [-0.2, 0) is 4.79 Å². The molecule has 1 aromatic heterocycles. The zero-order chi connectivity index (χ0) is 21.4. The molecule has 31 heavy (non-hydrogen) atoms. The van der Waals surface area contributed by atoms with Crippen LogP contribution in [0.25, 0.3) is 0 Å². The van der Waals surface area contributed by atoms with Crippen LogP contribution >= 0.6 is 0 Å². The van der Waals surface area contributed by atoms with Crippen LogP contribution in [0.5, 0.6) is 5.75 Å². The second kappa shape index (κ2) is 8.21. The van der Waals surface area contributed by atoms with E-state index in [0.29, 0.717) is 34.9 Å². The number of ether oxygens (including phenoxy) is 1. The predicted molar refractivity (Wildman–Crippen MR) is 117 cm³/mol. The maximum atomic E-state index is 13.0. The first kappa shape index (κ1) is 19.8. The molecule has 3 aliphatic rings. The first-order chi connectivity index (χ1) is 15.1. The number of hydrogen-bond donors (Lipinski definition) is 1. The highest BCUT2D eigenvalue weighted by atomic mass is 16.5. The summed E-state index contributed by atoms with van der Waals surface area (Å²) in [5.41, 5.74) is 0.564. The molecular weight excluding hydrogens is 392 g/mol. The van der Waals surface area contributed by atoms with E-state index in [4.69, 9.17) is 4.74 Å². The summed E-state index contributed by atoms with van der Waals surface area (Å²) in [7, 11) is 1.60. The van der Waals surface area contributed by atoms with E-state index in [0.717, 1.165) is 38.8 Å². The molecule has 0 radical (unpaired) electrons. The second-order valence-electron chi connectivity index (χ2n) is 8.79. The molecule has 3 atom stereocenters. The van der Waals surface area contributed by atoms with Gasteiger partial charge in [0, 0.05) is 30.6 Å². The molecule has 5 rings (SSSR count). The van der Waals surface area contributed by atoms with Crippen molar-refractivity contribution in [3.05, 3.63) is 54.2 Å². The number of allylic oxidation sites excluding steroid dienone is 2. The molecule has 7 heteroatoms. The van der Waals surface area contributed by atoms with Gasteiger partial charge in [-0.05, 0) is 61.8 Å². The maximum absolute atomic E-state index is 13.0. The molecule has 0 unspecified atom stereocenters. The summed E-state index contributed by atoms with van der Waals surface area (Å²) < 4.78 is 7.04. The van der Waals surface area contributed by atoms with Crippen molar-refractivity contribution in [2.45, 2.75) is 31.7 Å². The van der Waals surface area contributed by atoms with E-state index < -0.39 is 0 Å². The van der Waals surface area contributed by atoms with Crippen molar-refractivity contribution in [2.24, 2.45) is 17.8 Å². The molecule has 1 saturated heterocycles. The maximum Gasteiger partial charge on any atom is 0.256 e. The van der Waals surface area contributed by atoms with Crippen LogP contribution < -0.4 is 10.1 Å². The number of nitrogens with one attached hydrogen (secondary N) is 1. The lowest BCUT2D eigenvalue weighted by Crippen LogP contribution is -2.43. The van der Waals surface area contributed by atoms with Crippen LogP contribution in [0.3, 0.4) is 0 Å². The Morgan fingerprint density at radius 1 is 1.06 bits per heavy atom. The van der Waals surface area contributed by atoms with Gasteiger partial charge in [-0.15, -0.1) is 0 Å². The number of fused-ring (bicyclic) bond motifs is 2. The molecule has 7 nitrogen and oxygen atoms in total. The van der Waals surface area contributed by atoms with Gasteiger partial charge in [-0.25, -0.2) is 4.68 Å². The summed E-state index contributed by atoms with van der Waals surface area (Å²) in [5, 5.41) is 7.43. The predicted octanol–water partition coefficient (Wildman–Crippen LogP) is 3.52. The molecule has 2 fully saturated rings. The fourth-order valence-corrected chi connectivity index (χ4v) is 5.27. The second-order valence-corrected chi connectivity index (χ2v) is 8.79. The molecule has 1 aliphatic heterocycles. The number of methoxy groups -OCH3 is 1. The quantitative estimate of drug-likeness (QED) is 0.751. The van der Waals surface area contributed by atoms with E-state index in [-0.39, 0.29) is 17.9 Å². The van der Waals surface area contributed by atoms with Gasteiger partial charge in [0.2, 0.25) is 5.91 Å².